The summed E-state index contributed by atoms with van der Waals surface area (Å²) in [5.74, 6) is 2.42. The molecule has 6 heteroatoms. The summed E-state index contributed by atoms with van der Waals surface area (Å²) in [4.78, 5) is 12.4. The summed E-state index contributed by atoms with van der Waals surface area (Å²) in [6, 6.07) is 13.7. The molecule has 1 saturated carbocycles. The zero-order valence-corrected chi connectivity index (χ0v) is 16.8. The maximum atomic E-state index is 12.4. The molecular formula is C23H28N2O4. The van der Waals surface area contributed by atoms with Crippen molar-refractivity contribution < 1.29 is 19.0 Å². The molecule has 2 N–H and O–H groups in total. The summed E-state index contributed by atoms with van der Waals surface area (Å²) in [6.45, 7) is 2.26. The van der Waals surface area contributed by atoms with E-state index in [1.54, 1.807) is 7.11 Å². The van der Waals surface area contributed by atoms with Crippen LogP contribution in [0, 0.1) is 0 Å². The minimum atomic E-state index is -0.148. The van der Waals surface area contributed by atoms with Gasteiger partial charge in [0.2, 0.25) is 0 Å². The lowest BCUT2D eigenvalue weighted by Crippen LogP contribution is -2.43. The molecule has 1 aliphatic heterocycles. The van der Waals surface area contributed by atoms with Gasteiger partial charge in [-0.15, -0.1) is 0 Å². The van der Waals surface area contributed by atoms with E-state index in [9.17, 15) is 4.79 Å². The van der Waals surface area contributed by atoms with E-state index in [1.807, 2.05) is 30.3 Å². The third kappa shape index (κ3) is 4.42. The summed E-state index contributed by atoms with van der Waals surface area (Å²) < 4.78 is 16.6. The molecule has 2 aromatic rings. The number of nitrogens with one attached hydrogen (secondary N) is 2. The van der Waals surface area contributed by atoms with Gasteiger partial charge in [-0.05, 0) is 48.2 Å². The number of hydrogen-bond donors (Lipinski definition) is 2. The molecule has 0 aromatic heterocycles. The first-order valence-electron chi connectivity index (χ1n) is 10.2. The fourth-order valence-electron chi connectivity index (χ4n) is 4.23. The normalized spacial score (nSPS) is 16.9. The molecule has 0 radical (unpaired) electrons. The maximum Gasteiger partial charge on any atom is 0.315 e. The molecule has 0 saturated heterocycles. The zero-order valence-electron chi connectivity index (χ0n) is 16.8. The van der Waals surface area contributed by atoms with E-state index in [0.29, 0.717) is 26.3 Å². The molecule has 0 atom stereocenters. The molecule has 29 heavy (non-hydrogen) atoms. The Morgan fingerprint density at radius 3 is 2.45 bits per heavy atom. The van der Waals surface area contributed by atoms with Crippen LogP contribution in [-0.4, -0.2) is 32.9 Å². The Morgan fingerprint density at radius 1 is 1.00 bits per heavy atom. The van der Waals surface area contributed by atoms with Gasteiger partial charge in [0.1, 0.15) is 19.0 Å². The SMILES string of the molecule is COc1ccc(CNC(=O)NCC2(c3ccc4c(c3)OCCO4)CCCC2)cc1. The van der Waals surface area contributed by atoms with Gasteiger partial charge in [-0.1, -0.05) is 31.0 Å². The average molecular weight is 396 g/mol. The number of ether oxygens (including phenoxy) is 3. The van der Waals surface area contributed by atoms with E-state index in [1.165, 1.54) is 18.4 Å². The van der Waals surface area contributed by atoms with Crippen LogP contribution < -0.4 is 24.8 Å². The summed E-state index contributed by atoms with van der Waals surface area (Å²) in [5.41, 5.74) is 2.20. The Morgan fingerprint density at radius 2 is 1.72 bits per heavy atom. The summed E-state index contributed by atoms with van der Waals surface area (Å²) >= 11 is 0. The van der Waals surface area contributed by atoms with Crippen LogP contribution in [0.3, 0.4) is 0 Å². The molecule has 2 aromatic carbocycles. The summed E-state index contributed by atoms with van der Waals surface area (Å²) in [7, 11) is 1.64. The minimum Gasteiger partial charge on any atom is -0.497 e. The van der Waals surface area contributed by atoms with Gasteiger partial charge in [0, 0.05) is 18.5 Å². The van der Waals surface area contributed by atoms with Gasteiger partial charge in [-0.2, -0.15) is 0 Å². The Kier molecular flexibility index (Phi) is 5.79. The van der Waals surface area contributed by atoms with Crippen molar-refractivity contribution in [3.05, 3.63) is 53.6 Å². The Labute approximate surface area is 171 Å². The monoisotopic (exact) mass is 396 g/mol. The molecule has 1 heterocycles. The standard InChI is InChI=1S/C23H28N2O4/c1-27-19-7-4-17(5-8-19)15-24-22(26)25-16-23(10-2-3-11-23)18-6-9-20-21(14-18)29-13-12-28-20/h4-9,14H,2-3,10-13,15-16H2,1H3,(H2,24,25,26). The second-order valence-corrected chi connectivity index (χ2v) is 7.73. The van der Waals surface area contributed by atoms with Crippen LogP contribution in [0.1, 0.15) is 36.8 Å². The van der Waals surface area contributed by atoms with Crippen molar-refractivity contribution in [3.8, 4) is 17.2 Å². The number of rotatable bonds is 6. The quantitative estimate of drug-likeness (QED) is 0.780. The lowest BCUT2D eigenvalue weighted by Gasteiger charge is -2.31. The van der Waals surface area contributed by atoms with Crippen LogP contribution >= 0.6 is 0 Å². The molecule has 2 amide bonds. The number of fused-ring (bicyclic) bond motifs is 1. The molecule has 0 unspecified atom stereocenters. The predicted octanol–water partition coefficient (Wildman–Crippen LogP) is 3.78. The predicted molar refractivity (Wildman–Crippen MR) is 111 cm³/mol. The first-order chi connectivity index (χ1) is 14.2. The highest BCUT2D eigenvalue weighted by Gasteiger charge is 2.36. The molecule has 0 spiro atoms. The Bertz CT molecular complexity index is 844. The van der Waals surface area contributed by atoms with Gasteiger partial charge < -0.3 is 24.8 Å². The third-order valence-corrected chi connectivity index (χ3v) is 5.91. The van der Waals surface area contributed by atoms with Crippen LogP contribution in [0.15, 0.2) is 42.5 Å². The van der Waals surface area contributed by atoms with Crippen LogP contribution in [0.25, 0.3) is 0 Å². The number of methoxy groups -OCH3 is 1. The van der Waals surface area contributed by atoms with Crippen molar-refractivity contribution in [1.82, 2.24) is 10.6 Å². The van der Waals surface area contributed by atoms with E-state index in [2.05, 4.69) is 22.8 Å². The molecule has 1 aliphatic carbocycles. The van der Waals surface area contributed by atoms with Gasteiger partial charge in [-0.25, -0.2) is 4.79 Å². The molecule has 2 aliphatic rings. The van der Waals surface area contributed by atoms with Gasteiger partial charge in [-0.3, -0.25) is 0 Å². The van der Waals surface area contributed by atoms with E-state index >= 15 is 0 Å². The van der Waals surface area contributed by atoms with Gasteiger partial charge in [0.05, 0.1) is 7.11 Å². The second kappa shape index (κ2) is 8.64. The first-order valence-corrected chi connectivity index (χ1v) is 10.2. The van der Waals surface area contributed by atoms with Gasteiger partial charge >= 0.3 is 6.03 Å². The summed E-state index contributed by atoms with van der Waals surface area (Å²) in [6.07, 6.45) is 4.46. The highest BCUT2D eigenvalue weighted by molar-refractivity contribution is 5.74. The van der Waals surface area contributed by atoms with Crippen LogP contribution in [0.5, 0.6) is 17.2 Å². The number of carbonyl (C=O) groups excluding carboxylic acids is 1. The fraction of sp³-hybridized carbons (Fsp3) is 0.435. The van der Waals surface area contributed by atoms with E-state index in [4.69, 9.17) is 14.2 Å². The van der Waals surface area contributed by atoms with Crippen LogP contribution in [-0.2, 0) is 12.0 Å². The van der Waals surface area contributed by atoms with Crippen molar-refractivity contribution in [2.24, 2.45) is 0 Å². The topological polar surface area (TPSA) is 68.8 Å². The van der Waals surface area contributed by atoms with E-state index < -0.39 is 0 Å². The Balaban J connectivity index is 1.37. The third-order valence-electron chi connectivity index (χ3n) is 5.91. The van der Waals surface area contributed by atoms with Crippen molar-refractivity contribution in [1.29, 1.82) is 0 Å². The van der Waals surface area contributed by atoms with Crippen LogP contribution in [0.2, 0.25) is 0 Å². The number of amides is 2. The average Bonchev–Trinajstić information content (AvgIpc) is 3.26. The minimum absolute atomic E-state index is 0.0483. The number of carbonyl (C=O) groups is 1. The van der Waals surface area contributed by atoms with Crippen molar-refractivity contribution >= 4 is 6.03 Å². The number of benzene rings is 2. The highest BCUT2D eigenvalue weighted by Crippen LogP contribution is 2.43. The van der Waals surface area contributed by atoms with Gasteiger partial charge in [0.15, 0.2) is 11.5 Å². The maximum absolute atomic E-state index is 12.4. The van der Waals surface area contributed by atoms with Crippen molar-refractivity contribution in [3.63, 3.8) is 0 Å². The fourth-order valence-corrected chi connectivity index (χ4v) is 4.23. The lowest BCUT2D eigenvalue weighted by molar-refractivity contribution is 0.171. The number of urea groups is 1. The molecule has 4 rings (SSSR count). The van der Waals surface area contributed by atoms with Crippen LogP contribution in [0.4, 0.5) is 4.79 Å². The first kappa shape index (κ1) is 19.4. The van der Waals surface area contributed by atoms with Crippen molar-refractivity contribution in [2.45, 2.75) is 37.6 Å². The Hall–Kier alpha value is -2.89. The molecular weight excluding hydrogens is 368 g/mol. The van der Waals surface area contributed by atoms with E-state index in [0.717, 1.165) is 35.7 Å². The second-order valence-electron chi connectivity index (χ2n) is 7.73. The molecule has 0 bridgehead atoms. The number of hydrogen-bond acceptors (Lipinski definition) is 4. The van der Waals surface area contributed by atoms with Gasteiger partial charge in [0.25, 0.3) is 0 Å². The van der Waals surface area contributed by atoms with Crippen molar-refractivity contribution in [2.75, 3.05) is 26.9 Å². The summed E-state index contributed by atoms with van der Waals surface area (Å²) in [5, 5.41) is 6.03. The zero-order chi connectivity index (χ0) is 20.1. The molecule has 6 nitrogen and oxygen atoms in total. The molecule has 154 valence electrons. The lowest BCUT2D eigenvalue weighted by atomic mass is 9.78. The molecule has 1 fully saturated rings. The van der Waals surface area contributed by atoms with E-state index in [-0.39, 0.29) is 11.4 Å². The highest BCUT2D eigenvalue weighted by atomic mass is 16.6. The largest absolute Gasteiger partial charge is 0.497 e. The smallest absolute Gasteiger partial charge is 0.315 e.